The van der Waals surface area contributed by atoms with Crippen LogP contribution in [0.5, 0.6) is 5.75 Å². The van der Waals surface area contributed by atoms with E-state index < -0.39 is 17.5 Å². The first-order valence-corrected chi connectivity index (χ1v) is 6.18. The first kappa shape index (κ1) is 14.8. The Morgan fingerprint density at radius 1 is 1.14 bits per heavy atom. The second-order valence-electron chi connectivity index (χ2n) is 4.21. The third kappa shape index (κ3) is 3.10. The summed E-state index contributed by atoms with van der Waals surface area (Å²) in [5.74, 6) is -1.38. The van der Waals surface area contributed by atoms with Crippen LogP contribution >= 0.6 is 0 Å². The van der Waals surface area contributed by atoms with Gasteiger partial charge < -0.3 is 15.4 Å². The number of hydrogen-bond donors (Lipinski definition) is 2. The summed E-state index contributed by atoms with van der Waals surface area (Å²) in [6.07, 6.45) is 0. The van der Waals surface area contributed by atoms with E-state index in [0.717, 1.165) is 0 Å². The third-order valence-electron chi connectivity index (χ3n) is 2.93. The molecule has 6 heteroatoms. The molecule has 0 aromatic heterocycles. The van der Waals surface area contributed by atoms with Gasteiger partial charge in [0.05, 0.1) is 24.0 Å². The molecule has 21 heavy (non-hydrogen) atoms. The number of rotatable bonds is 4. The van der Waals surface area contributed by atoms with Crippen LogP contribution in [0.15, 0.2) is 36.4 Å². The van der Waals surface area contributed by atoms with Crippen LogP contribution in [0.3, 0.4) is 0 Å². The van der Waals surface area contributed by atoms with Gasteiger partial charge >= 0.3 is 0 Å². The lowest BCUT2D eigenvalue weighted by atomic mass is 10.1. The average Bonchev–Trinajstić information content (AvgIpc) is 2.49. The van der Waals surface area contributed by atoms with Gasteiger partial charge in [-0.15, -0.1) is 0 Å². The minimum atomic E-state index is -0.619. The molecule has 0 heterocycles. The number of para-hydroxylation sites is 1. The Hall–Kier alpha value is -2.63. The Morgan fingerprint density at radius 3 is 2.57 bits per heavy atom. The summed E-state index contributed by atoms with van der Waals surface area (Å²) in [5.41, 5.74) is 0.101. The molecule has 110 valence electrons. The topological polar surface area (TPSA) is 50.4 Å². The van der Waals surface area contributed by atoms with Crippen LogP contribution in [-0.2, 0) is 0 Å². The van der Waals surface area contributed by atoms with E-state index in [2.05, 4.69) is 10.6 Å². The first-order chi connectivity index (χ1) is 10.1. The summed E-state index contributed by atoms with van der Waals surface area (Å²) in [4.78, 5) is 12.2. The van der Waals surface area contributed by atoms with E-state index in [0.29, 0.717) is 5.75 Å². The molecule has 0 bridgehead atoms. The molecular formula is C15H14F2N2O2. The monoisotopic (exact) mass is 292 g/mol. The molecule has 4 nitrogen and oxygen atoms in total. The van der Waals surface area contributed by atoms with Gasteiger partial charge in [-0.25, -0.2) is 8.78 Å². The number of methoxy groups -OCH3 is 1. The van der Waals surface area contributed by atoms with Crippen LogP contribution in [-0.4, -0.2) is 20.1 Å². The van der Waals surface area contributed by atoms with Crippen LogP contribution in [0.4, 0.5) is 20.2 Å². The Labute approximate surface area is 120 Å². The molecule has 2 aromatic carbocycles. The van der Waals surface area contributed by atoms with Crippen LogP contribution in [0.1, 0.15) is 10.4 Å². The van der Waals surface area contributed by atoms with E-state index in [1.54, 1.807) is 0 Å². The molecule has 0 atom stereocenters. The van der Waals surface area contributed by atoms with Crippen molar-refractivity contribution < 1.29 is 18.3 Å². The zero-order valence-electron chi connectivity index (χ0n) is 11.5. The van der Waals surface area contributed by atoms with Crippen molar-refractivity contribution in [3.05, 3.63) is 53.6 Å². The van der Waals surface area contributed by atoms with E-state index in [-0.39, 0.29) is 16.9 Å². The Bertz CT molecular complexity index is 675. The fourth-order valence-corrected chi connectivity index (χ4v) is 1.88. The van der Waals surface area contributed by atoms with Crippen molar-refractivity contribution in [2.45, 2.75) is 0 Å². The highest BCUT2D eigenvalue weighted by Gasteiger charge is 2.16. The first-order valence-electron chi connectivity index (χ1n) is 6.18. The van der Waals surface area contributed by atoms with Crippen molar-refractivity contribution in [1.29, 1.82) is 0 Å². The number of carbonyl (C=O) groups is 1. The average molecular weight is 292 g/mol. The number of hydrogen-bond acceptors (Lipinski definition) is 3. The van der Waals surface area contributed by atoms with Gasteiger partial charge in [0.25, 0.3) is 5.91 Å². The van der Waals surface area contributed by atoms with Crippen molar-refractivity contribution in [2.24, 2.45) is 0 Å². The summed E-state index contributed by atoms with van der Waals surface area (Å²) in [6, 6.07) is 8.06. The van der Waals surface area contributed by atoms with Crippen molar-refractivity contribution in [3.8, 4) is 5.75 Å². The zero-order chi connectivity index (χ0) is 15.4. The van der Waals surface area contributed by atoms with Gasteiger partial charge in [-0.1, -0.05) is 6.07 Å². The van der Waals surface area contributed by atoms with Gasteiger partial charge in [0.15, 0.2) is 0 Å². The van der Waals surface area contributed by atoms with Gasteiger partial charge in [0, 0.05) is 13.1 Å². The SMILES string of the molecule is CNc1c(F)cccc1C(=O)Nc1cc(OC)ccc1F. The number of halogens is 2. The molecule has 2 N–H and O–H groups in total. The molecule has 0 saturated carbocycles. The van der Waals surface area contributed by atoms with Crippen LogP contribution < -0.4 is 15.4 Å². The largest absolute Gasteiger partial charge is 0.497 e. The van der Waals surface area contributed by atoms with Gasteiger partial charge in [0.1, 0.15) is 17.4 Å². The minimum absolute atomic E-state index is 0.0364. The zero-order valence-corrected chi connectivity index (χ0v) is 11.5. The Kier molecular flexibility index (Phi) is 4.37. The molecule has 0 fully saturated rings. The second kappa shape index (κ2) is 6.21. The molecule has 0 radical (unpaired) electrons. The molecule has 0 unspecified atom stereocenters. The van der Waals surface area contributed by atoms with Gasteiger partial charge in [0.2, 0.25) is 0 Å². The highest BCUT2D eigenvalue weighted by atomic mass is 19.1. The molecular weight excluding hydrogens is 278 g/mol. The number of benzene rings is 2. The summed E-state index contributed by atoms with van der Waals surface area (Å²) >= 11 is 0. The maximum absolute atomic E-state index is 13.7. The second-order valence-corrected chi connectivity index (χ2v) is 4.21. The molecule has 0 aliphatic heterocycles. The fourth-order valence-electron chi connectivity index (χ4n) is 1.88. The predicted molar refractivity (Wildman–Crippen MR) is 76.9 cm³/mol. The van der Waals surface area contributed by atoms with Crippen molar-refractivity contribution >= 4 is 17.3 Å². The lowest BCUT2D eigenvalue weighted by Crippen LogP contribution is -2.15. The van der Waals surface area contributed by atoms with E-state index in [4.69, 9.17) is 4.74 Å². The van der Waals surface area contributed by atoms with Crippen molar-refractivity contribution in [1.82, 2.24) is 0 Å². The lowest BCUT2D eigenvalue weighted by Gasteiger charge is -2.12. The van der Waals surface area contributed by atoms with E-state index in [1.165, 1.54) is 50.6 Å². The number of ether oxygens (including phenoxy) is 1. The summed E-state index contributed by atoms with van der Waals surface area (Å²) < 4.78 is 32.3. The van der Waals surface area contributed by atoms with Crippen LogP contribution in [0.25, 0.3) is 0 Å². The van der Waals surface area contributed by atoms with Gasteiger partial charge in [-0.3, -0.25) is 4.79 Å². The highest BCUT2D eigenvalue weighted by Crippen LogP contribution is 2.24. The van der Waals surface area contributed by atoms with E-state index in [9.17, 15) is 13.6 Å². The molecule has 2 aromatic rings. The number of nitrogens with one attached hydrogen (secondary N) is 2. The standard InChI is InChI=1S/C15H14F2N2O2/c1-18-14-10(4-3-5-12(14)17)15(20)19-13-8-9(21-2)6-7-11(13)16/h3-8,18H,1-2H3,(H,19,20). The highest BCUT2D eigenvalue weighted by molar-refractivity contribution is 6.08. The number of anilines is 2. The quantitative estimate of drug-likeness (QED) is 0.909. The maximum Gasteiger partial charge on any atom is 0.257 e. The van der Waals surface area contributed by atoms with Crippen LogP contribution in [0, 0.1) is 11.6 Å². The van der Waals surface area contributed by atoms with Crippen molar-refractivity contribution in [2.75, 3.05) is 24.8 Å². The molecule has 1 amide bonds. The normalized spacial score (nSPS) is 10.1. The predicted octanol–water partition coefficient (Wildman–Crippen LogP) is 3.27. The minimum Gasteiger partial charge on any atom is -0.497 e. The van der Waals surface area contributed by atoms with Crippen LogP contribution in [0.2, 0.25) is 0 Å². The number of carbonyl (C=O) groups excluding carboxylic acids is 1. The summed E-state index contributed by atoms with van der Waals surface area (Å²) in [7, 11) is 2.94. The maximum atomic E-state index is 13.7. The smallest absolute Gasteiger partial charge is 0.257 e. The molecule has 0 aliphatic rings. The molecule has 0 aliphatic carbocycles. The van der Waals surface area contributed by atoms with E-state index >= 15 is 0 Å². The Balaban J connectivity index is 2.32. The molecule has 2 rings (SSSR count). The molecule has 0 spiro atoms. The fraction of sp³-hybridized carbons (Fsp3) is 0.133. The third-order valence-corrected chi connectivity index (χ3v) is 2.93. The lowest BCUT2D eigenvalue weighted by molar-refractivity contribution is 0.102. The van der Waals surface area contributed by atoms with Crippen molar-refractivity contribution in [3.63, 3.8) is 0 Å². The Morgan fingerprint density at radius 2 is 1.90 bits per heavy atom. The number of amides is 1. The summed E-state index contributed by atoms with van der Waals surface area (Å²) in [6.45, 7) is 0. The summed E-state index contributed by atoms with van der Waals surface area (Å²) in [5, 5.41) is 5.02. The van der Waals surface area contributed by atoms with Gasteiger partial charge in [-0.05, 0) is 24.3 Å². The molecule has 0 saturated heterocycles. The van der Waals surface area contributed by atoms with Gasteiger partial charge in [-0.2, -0.15) is 0 Å². The van der Waals surface area contributed by atoms with E-state index in [1.807, 2.05) is 0 Å².